The Hall–Kier alpha value is -0.340. The quantitative estimate of drug-likeness (QED) is 0.710. The molecule has 1 aromatic rings. The number of halogens is 1. The summed E-state index contributed by atoms with van der Waals surface area (Å²) in [4.78, 5) is 1.13. The van der Waals surface area contributed by atoms with E-state index in [1.807, 2.05) is 38.3 Å². The van der Waals surface area contributed by atoms with Gasteiger partial charge >= 0.3 is 0 Å². The van der Waals surface area contributed by atoms with Crippen molar-refractivity contribution in [2.75, 3.05) is 6.26 Å². The van der Waals surface area contributed by atoms with Crippen LogP contribution in [0.5, 0.6) is 5.75 Å². The Bertz CT molecular complexity index is 286. The molecule has 0 bridgehead atoms. The van der Waals surface area contributed by atoms with Gasteiger partial charge in [-0.25, -0.2) is 0 Å². The highest BCUT2D eigenvalue weighted by Crippen LogP contribution is 2.26. The smallest absolute Gasteiger partial charge is 0.122 e. The van der Waals surface area contributed by atoms with Gasteiger partial charge in [-0.05, 0) is 38.3 Å². The predicted octanol–water partition coefficient (Wildman–Crippen LogP) is 3.85. The molecule has 3 heteroatoms. The van der Waals surface area contributed by atoms with Crippen LogP contribution in [0.3, 0.4) is 0 Å². The number of rotatable bonds is 3. The van der Waals surface area contributed by atoms with Gasteiger partial charge in [0.2, 0.25) is 0 Å². The molecule has 0 saturated heterocycles. The fourth-order valence-corrected chi connectivity index (χ4v) is 1.76. The van der Waals surface area contributed by atoms with Crippen molar-refractivity contribution < 1.29 is 4.74 Å². The van der Waals surface area contributed by atoms with Crippen LogP contribution in [0.2, 0.25) is 5.02 Å². The third kappa shape index (κ3) is 3.49. The second-order valence-corrected chi connectivity index (χ2v) is 4.31. The van der Waals surface area contributed by atoms with Crippen LogP contribution in [0.4, 0.5) is 0 Å². The standard InChI is InChI=1S/C10H13ClOS/c1-7(2)12-9-4-8(11)5-10(6-9)13-3/h4-7H,1-3H3. The van der Waals surface area contributed by atoms with Crippen molar-refractivity contribution in [3.8, 4) is 5.75 Å². The van der Waals surface area contributed by atoms with Gasteiger partial charge in [-0.2, -0.15) is 0 Å². The summed E-state index contributed by atoms with van der Waals surface area (Å²) in [5.41, 5.74) is 0. The maximum Gasteiger partial charge on any atom is 0.122 e. The fourth-order valence-electron chi connectivity index (χ4n) is 0.995. The van der Waals surface area contributed by atoms with Crippen molar-refractivity contribution in [2.45, 2.75) is 24.8 Å². The van der Waals surface area contributed by atoms with Gasteiger partial charge in [-0.3, -0.25) is 0 Å². The lowest BCUT2D eigenvalue weighted by molar-refractivity contribution is 0.242. The summed E-state index contributed by atoms with van der Waals surface area (Å²) in [6, 6.07) is 5.76. The maximum absolute atomic E-state index is 5.92. The molecule has 0 aromatic heterocycles. The van der Waals surface area contributed by atoms with Crippen LogP contribution in [-0.4, -0.2) is 12.4 Å². The number of hydrogen-bond donors (Lipinski definition) is 0. The van der Waals surface area contributed by atoms with Crippen molar-refractivity contribution in [3.63, 3.8) is 0 Å². The summed E-state index contributed by atoms with van der Waals surface area (Å²) in [5.74, 6) is 0.840. The van der Waals surface area contributed by atoms with Crippen molar-refractivity contribution in [1.29, 1.82) is 0 Å². The normalized spacial score (nSPS) is 10.5. The number of benzene rings is 1. The summed E-state index contributed by atoms with van der Waals surface area (Å²) in [6.45, 7) is 4.00. The molecule has 0 aliphatic rings. The third-order valence-corrected chi connectivity index (χ3v) is 2.38. The minimum Gasteiger partial charge on any atom is -0.491 e. The molecule has 0 amide bonds. The summed E-state index contributed by atoms with van der Waals surface area (Å²) in [7, 11) is 0. The summed E-state index contributed by atoms with van der Waals surface area (Å²) < 4.78 is 5.54. The van der Waals surface area contributed by atoms with Crippen LogP contribution in [0.1, 0.15) is 13.8 Å². The lowest BCUT2D eigenvalue weighted by atomic mass is 10.3. The summed E-state index contributed by atoms with van der Waals surface area (Å²) in [6.07, 6.45) is 2.21. The first-order valence-electron chi connectivity index (χ1n) is 4.13. The van der Waals surface area contributed by atoms with Gasteiger partial charge in [0.25, 0.3) is 0 Å². The SMILES string of the molecule is CSc1cc(Cl)cc(OC(C)C)c1. The molecule has 13 heavy (non-hydrogen) atoms. The molecular weight excluding hydrogens is 204 g/mol. The van der Waals surface area contributed by atoms with E-state index in [0.29, 0.717) is 0 Å². The van der Waals surface area contributed by atoms with Gasteiger partial charge in [-0.15, -0.1) is 11.8 Å². The van der Waals surface area contributed by atoms with Crippen LogP contribution in [-0.2, 0) is 0 Å². The molecule has 0 atom stereocenters. The second-order valence-electron chi connectivity index (χ2n) is 2.99. The molecule has 0 unspecified atom stereocenters. The Morgan fingerprint density at radius 3 is 2.54 bits per heavy atom. The van der Waals surface area contributed by atoms with Crippen molar-refractivity contribution in [1.82, 2.24) is 0 Å². The zero-order valence-corrected chi connectivity index (χ0v) is 9.58. The first-order valence-corrected chi connectivity index (χ1v) is 5.73. The van der Waals surface area contributed by atoms with E-state index in [-0.39, 0.29) is 6.10 Å². The van der Waals surface area contributed by atoms with Crippen LogP contribution in [0.15, 0.2) is 23.1 Å². The topological polar surface area (TPSA) is 9.23 Å². The number of thioether (sulfide) groups is 1. The van der Waals surface area contributed by atoms with E-state index in [9.17, 15) is 0 Å². The van der Waals surface area contributed by atoms with E-state index in [0.717, 1.165) is 15.7 Å². The van der Waals surface area contributed by atoms with Gasteiger partial charge in [0.15, 0.2) is 0 Å². The van der Waals surface area contributed by atoms with Crippen LogP contribution in [0, 0.1) is 0 Å². The minimum absolute atomic E-state index is 0.188. The monoisotopic (exact) mass is 216 g/mol. The van der Waals surface area contributed by atoms with E-state index in [1.54, 1.807) is 11.8 Å². The van der Waals surface area contributed by atoms with Gasteiger partial charge in [0, 0.05) is 9.92 Å². The van der Waals surface area contributed by atoms with Crippen LogP contribution < -0.4 is 4.74 Å². The molecule has 0 spiro atoms. The highest BCUT2D eigenvalue weighted by Gasteiger charge is 2.01. The van der Waals surface area contributed by atoms with Gasteiger partial charge in [0.05, 0.1) is 6.10 Å². The first-order chi connectivity index (χ1) is 6.11. The molecule has 1 rings (SSSR count). The molecular formula is C10H13ClOS. The van der Waals surface area contributed by atoms with E-state index in [1.165, 1.54) is 0 Å². The van der Waals surface area contributed by atoms with Gasteiger partial charge < -0.3 is 4.74 Å². The van der Waals surface area contributed by atoms with Crippen LogP contribution >= 0.6 is 23.4 Å². The molecule has 0 saturated carbocycles. The summed E-state index contributed by atoms with van der Waals surface area (Å²) >= 11 is 7.58. The maximum atomic E-state index is 5.92. The molecule has 0 aliphatic heterocycles. The second kappa shape index (κ2) is 4.77. The highest BCUT2D eigenvalue weighted by atomic mass is 35.5. The molecule has 0 heterocycles. The number of ether oxygens (including phenoxy) is 1. The minimum atomic E-state index is 0.188. The largest absolute Gasteiger partial charge is 0.491 e. The summed E-state index contributed by atoms with van der Waals surface area (Å²) in [5, 5.41) is 0.725. The Morgan fingerprint density at radius 1 is 1.31 bits per heavy atom. The molecule has 0 fully saturated rings. The molecule has 0 radical (unpaired) electrons. The fraction of sp³-hybridized carbons (Fsp3) is 0.400. The van der Waals surface area contributed by atoms with Crippen LogP contribution in [0.25, 0.3) is 0 Å². The Kier molecular flexibility index (Phi) is 3.94. The van der Waals surface area contributed by atoms with Crippen molar-refractivity contribution >= 4 is 23.4 Å². The number of hydrogen-bond acceptors (Lipinski definition) is 2. The lowest BCUT2D eigenvalue weighted by Gasteiger charge is -2.10. The average Bonchev–Trinajstić information content (AvgIpc) is 2.01. The van der Waals surface area contributed by atoms with Crippen molar-refractivity contribution in [3.05, 3.63) is 23.2 Å². The van der Waals surface area contributed by atoms with E-state index < -0.39 is 0 Å². The zero-order valence-electron chi connectivity index (χ0n) is 8.00. The van der Waals surface area contributed by atoms with E-state index in [4.69, 9.17) is 16.3 Å². The molecule has 0 N–H and O–H groups in total. The third-order valence-electron chi connectivity index (χ3n) is 1.45. The molecule has 1 aromatic carbocycles. The highest BCUT2D eigenvalue weighted by molar-refractivity contribution is 7.98. The Balaban J connectivity index is 2.88. The lowest BCUT2D eigenvalue weighted by Crippen LogP contribution is -2.05. The first kappa shape index (κ1) is 10.7. The Morgan fingerprint density at radius 2 is 2.00 bits per heavy atom. The van der Waals surface area contributed by atoms with E-state index >= 15 is 0 Å². The Labute approximate surface area is 88.4 Å². The molecule has 0 aliphatic carbocycles. The van der Waals surface area contributed by atoms with Gasteiger partial charge in [-0.1, -0.05) is 11.6 Å². The zero-order chi connectivity index (χ0) is 9.84. The predicted molar refractivity (Wildman–Crippen MR) is 59.0 cm³/mol. The average molecular weight is 217 g/mol. The van der Waals surface area contributed by atoms with Gasteiger partial charge in [0.1, 0.15) is 5.75 Å². The van der Waals surface area contributed by atoms with Crippen molar-refractivity contribution in [2.24, 2.45) is 0 Å². The van der Waals surface area contributed by atoms with E-state index in [2.05, 4.69) is 0 Å². The molecule has 72 valence electrons. The molecule has 1 nitrogen and oxygen atoms in total.